The van der Waals surface area contributed by atoms with E-state index < -0.39 is 6.04 Å². The minimum absolute atomic E-state index is 0.116. The molecular weight excluding hydrogens is 358 g/mol. The average molecular weight is 380 g/mol. The molecule has 6 nitrogen and oxygen atoms in total. The molecule has 0 radical (unpaired) electrons. The molecule has 2 aromatic heterocycles. The third-order valence-electron chi connectivity index (χ3n) is 4.22. The van der Waals surface area contributed by atoms with Crippen LogP contribution >= 0.6 is 23.1 Å². The summed E-state index contributed by atoms with van der Waals surface area (Å²) in [5.74, 6) is 0.967. The molecule has 0 unspecified atom stereocenters. The van der Waals surface area contributed by atoms with E-state index in [4.69, 9.17) is 4.74 Å². The van der Waals surface area contributed by atoms with Crippen molar-refractivity contribution in [2.75, 3.05) is 24.7 Å². The smallest absolute Gasteiger partial charge is 0.329 e. The van der Waals surface area contributed by atoms with Gasteiger partial charge in [-0.05, 0) is 26.8 Å². The van der Waals surface area contributed by atoms with Crippen LogP contribution in [0, 0.1) is 13.8 Å². The maximum Gasteiger partial charge on any atom is 0.329 e. The van der Waals surface area contributed by atoms with Crippen molar-refractivity contribution in [2.24, 2.45) is 0 Å². The summed E-state index contributed by atoms with van der Waals surface area (Å²) in [6.45, 7) is 6.52. The maximum absolute atomic E-state index is 13.2. The largest absolute Gasteiger partial charge is 0.464 e. The van der Waals surface area contributed by atoms with Crippen LogP contribution in [0.15, 0.2) is 17.6 Å². The van der Waals surface area contributed by atoms with Crippen LogP contribution in [0.5, 0.6) is 0 Å². The van der Waals surface area contributed by atoms with Crippen LogP contribution in [0.4, 0.5) is 0 Å². The Morgan fingerprint density at radius 2 is 2.20 bits per heavy atom. The van der Waals surface area contributed by atoms with E-state index in [0.29, 0.717) is 24.5 Å². The summed E-state index contributed by atoms with van der Waals surface area (Å²) >= 11 is 3.20. The fraction of sp³-hybridized carbons (Fsp3) is 0.471. The third kappa shape index (κ3) is 3.46. The van der Waals surface area contributed by atoms with Gasteiger partial charge in [0.15, 0.2) is 5.13 Å². The highest BCUT2D eigenvalue weighted by Gasteiger charge is 2.35. The molecular formula is C17H21N3O3S2. The predicted octanol–water partition coefficient (Wildman–Crippen LogP) is 2.67. The van der Waals surface area contributed by atoms with Gasteiger partial charge in [0.05, 0.1) is 12.2 Å². The van der Waals surface area contributed by atoms with E-state index in [9.17, 15) is 9.59 Å². The van der Waals surface area contributed by atoms with Crippen molar-refractivity contribution in [3.63, 3.8) is 0 Å². The summed E-state index contributed by atoms with van der Waals surface area (Å²) in [6, 6.07) is 1.36. The molecule has 8 heteroatoms. The highest BCUT2D eigenvalue weighted by molar-refractivity contribution is 7.99. The molecule has 0 saturated carbocycles. The lowest BCUT2D eigenvalue weighted by Gasteiger charge is -2.33. The van der Waals surface area contributed by atoms with Crippen molar-refractivity contribution in [2.45, 2.75) is 26.8 Å². The molecule has 0 aliphatic carbocycles. The summed E-state index contributed by atoms with van der Waals surface area (Å²) in [7, 11) is 0. The lowest BCUT2D eigenvalue weighted by Crippen LogP contribution is -2.51. The highest BCUT2D eigenvalue weighted by atomic mass is 32.2. The van der Waals surface area contributed by atoms with E-state index >= 15 is 0 Å². The Labute approximate surface area is 155 Å². The van der Waals surface area contributed by atoms with Crippen LogP contribution in [-0.2, 0) is 9.53 Å². The van der Waals surface area contributed by atoms with Gasteiger partial charge in [-0.1, -0.05) is 0 Å². The fourth-order valence-corrected chi connectivity index (χ4v) is 4.82. The summed E-state index contributed by atoms with van der Waals surface area (Å²) in [6.07, 6.45) is 1.75. The number of thiazole rings is 1. The predicted molar refractivity (Wildman–Crippen MR) is 99.7 cm³/mol. The second-order valence-corrected chi connectivity index (χ2v) is 7.80. The van der Waals surface area contributed by atoms with Crippen LogP contribution in [-0.4, -0.2) is 57.0 Å². The van der Waals surface area contributed by atoms with Crippen LogP contribution in [0.3, 0.4) is 0 Å². The first-order valence-corrected chi connectivity index (χ1v) is 10.2. The normalized spacial score (nSPS) is 17.6. The topological polar surface area (TPSA) is 64.4 Å². The van der Waals surface area contributed by atoms with Gasteiger partial charge in [-0.15, -0.1) is 11.3 Å². The Kier molecular flexibility index (Phi) is 5.48. The maximum atomic E-state index is 13.2. The number of ether oxygens (including phenoxy) is 1. The van der Waals surface area contributed by atoms with Crippen molar-refractivity contribution in [1.82, 2.24) is 14.5 Å². The molecule has 134 valence electrons. The molecule has 0 aromatic carbocycles. The van der Waals surface area contributed by atoms with E-state index in [1.807, 2.05) is 29.9 Å². The first-order chi connectivity index (χ1) is 12.0. The number of esters is 1. The standard InChI is InChI=1S/C17H21N3O3S2/c1-4-23-16(22)14-10-24-8-6-19(14)15(21)13-9-11(2)20(12(13)3)17-18-5-7-25-17/h5,7,9,14H,4,6,8,10H2,1-3H3/t14-/m0/s1. The molecule has 1 fully saturated rings. The molecule has 3 rings (SSSR count). The Bertz CT molecular complexity index is 770. The van der Waals surface area contributed by atoms with Crippen LogP contribution < -0.4 is 0 Å². The fourth-order valence-electron chi connectivity index (χ4n) is 3.04. The van der Waals surface area contributed by atoms with Crippen molar-refractivity contribution in [3.05, 3.63) is 34.6 Å². The number of hydrogen-bond donors (Lipinski definition) is 0. The molecule has 0 spiro atoms. The zero-order valence-corrected chi connectivity index (χ0v) is 16.2. The SMILES string of the molecule is CCOC(=O)[C@@H]1CSCCN1C(=O)c1cc(C)n(-c2nccs2)c1C. The number of carbonyl (C=O) groups is 2. The lowest BCUT2D eigenvalue weighted by molar-refractivity contribution is -0.147. The van der Waals surface area contributed by atoms with E-state index in [2.05, 4.69) is 4.98 Å². The number of carbonyl (C=O) groups excluding carboxylic acids is 2. The van der Waals surface area contributed by atoms with Crippen molar-refractivity contribution < 1.29 is 14.3 Å². The third-order valence-corrected chi connectivity index (χ3v) is 6.00. The second kappa shape index (κ2) is 7.61. The number of thioether (sulfide) groups is 1. The molecule has 1 atom stereocenters. The molecule has 1 aliphatic heterocycles. The van der Waals surface area contributed by atoms with Crippen LogP contribution in [0.25, 0.3) is 5.13 Å². The molecule has 1 aliphatic rings. The number of aryl methyl sites for hydroxylation is 1. The van der Waals surface area contributed by atoms with Crippen LogP contribution in [0.2, 0.25) is 0 Å². The Morgan fingerprint density at radius 3 is 2.88 bits per heavy atom. The van der Waals surface area contributed by atoms with Gasteiger partial charge in [0.2, 0.25) is 0 Å². The van der Waals surface area contributed by atoms with Gasteiger partial charge < -0.3 is 9.64 Å². The first-order valence-electron chi connectivity index (χ1n) is 8.18. The summed E-state index contributed by atoms with van der Waals surface area (Å²) in [5, 5.41) is 2.75. The second-order valence-electron chi connectivity index (χ2n) is 5.78. The molecule has 0 N–H and O–H groups in total. The molecule has 1 amide bonds. The number of amides is 1. The van der Waals surface area contributed by atoms with Gasteiger partial charge in [0.1, 0.15) is 6.04 Å². The van der Waals surface area contributed by atoms with Crippen molar-refractivity contribution in [1.29, 1.82) is 0 Å². The number of nitrogens with zero attached hydrogens (tertiary/aromatic N) is 3. The minimum atomic E-state index is -0.519. The van der Waals surface area contributed by atoms with Gasteiger partial charge in [0.25, 0.3) is 5.91 Å². The molecule has 3 heterocycles. The summed E-state index contributed by atoms with van der Waals surface area (Å²) < 4.78 is 7.14. The average Bonchev–Trinajstić information content (AvgIpc) is 3.22. The Balaban J connectivity index is 1.92. The number of rotatable bonds is 4. The summed E-state index contributed by atoms with van der Waals surface area (Å²) in [5.41, 5.74) is 2.42. The van der Waals surface area contributed by atoms with E-state index in [1.165, 1.54) is 11.3 Å². The van der Waals surface area contributed by atoms with E-state index in [0.717, 1.165) is 22.3 Å². The number of hydrogen-bond acceptors (Lipinski definition) is 6. The van der Waals surface area contributed by atoms with Gasteiger partial charge in [-0.25, -0.2) is 9.78 Å². The van der Waals surface area contributed by atoms with Gasteiger partial charge in [0, 0.05) is 41.0 Å². The quantitative estimate of drug-likeness (QED) is 0.764. The lowest BCUT2D eigenvalue weighted by atomic mass is 10.1. The van der Waals surface area contributed by atoms with Gasteiger partial charge in [-0.3, -0.25) is 9.36 Å². The molecule has 25 heavy (non-hydrogen) atoms. The Morgan fingerprint density at radius 1 is 1.40 bits per heavy atom. The number of aromatic nitrogens is 2. The first kappa shape index (κ1) is 18.0. The van der Waals surface area contributed by atoms with Gasteiger partial charge >= 0.3 is 5.97 Å². The molecule has 2 aromatic rings. The molecule has 1 saturated heterocycles. The zero-order chi connectivity index (χ0) is 18.0. The van der Waals surface area contributed by atoms with Crippen molar-refractivity contribution in [3.8, 4) is 5.13 Å². The Hall–Kier alpha value is -1.80. The van der Waals surface area contributed by atoms with E-state index in [1.54, 1.807) is 29.8 Å². The minimum Gasteiger partial charge on any atom is -0.464 e. The zero-order valence-electron chi connectivity index (χ0n) is 14.5. The highest BCUT2D eigenvalue weighted by Crippen LogP contribution is 2.26. The van der Waals surface area contributed by atoms with E-state index in [-0.39, 0.29) is 11.9 Å². The monoisotopic (exact) mass is 379 g/mol. The van der Waals surface area contributed by atoms with Crippen LogP contribution in [0.1, 0.15) is 28.7 Å². The van der Waals surface area contributed by atoms with Crippen molar-refractivity contribution >= 4 is 35.0 Å². The molecule has 0 bridgehead atoms. The van der Waals surface area contributed by atoms with Gasteiger partial charge in [-0.2, -0.15) is 11.8 Å². The summed E-state index contributed by atoms with van der Waals surface area (Å²) in [4.78, 5) is 31.4.